The predicted molar refractivity (Wildman–Crippen MR) is 137 cm³/mol. The van der Waals surface area contributed by atoms with Crippen LogP contribution in [0.5, 0.6) is 11.5 Å². The summed E-state index contributed by atoms with van der Waals surface area (Å²) in [7, 11) is 0. The highest BCUT2D eigenvalue weighted by Crippen LogP contribution is 2.33. The van der Waals surface area contributed by atoms with Crippen molar-refractivity contribution in [1.82, 2.24) is 9.80 Å². The number of urea groups is 1. The molecule has 4 rings (SSSR count). The number of fused-ring (bicyclic) bond motifs is 1. The molecule has 0 radical (unpaired) electrons. The van der Waals surface area contributed by atoms with E-state index in [1.54, 1.807) is 9.80 Å². The Balaban J connectivity index is 1.52. The third kappa shape index (κ3) is 6.00. The van der Waals surface area contributed by atoms with Gasteiger partial charge in [0.1, 0.15) is 18.1 Å². The van der Waals surface area contributed by atoms with E-state index in [0.717, 1.165) is 28.1 Å². The van der Waals surface area contributed by atoms with Crippen molar-refractivity contribution in [1.29, 1.82) is 0 Å². The zero-order chi connectivity index (χ0) is 25.8. The summed E-state index contributed by atoms with van der Waals surface area (Å²) >= 11 is 0. The van der Waals surface area contributed by atoms with E-state index < -0.39 is 0 Å². The highest BCUT2D eigenvalue weighted by molar-refractivity contribution is 5.93. The molecule has 8 heteroatoms. The molecule has 0 saturated carbocycles. The first-order valence-electron chi connectivity index (χ1n) is 12.1. The summed E-state index contributed by atoms with van der Waals surface area (Å²) in [5.41, 5.74) is 3.71. The van der Waals surface area contributed by atoms with Gasteiger partial charge >= 0.3 is 6.03 Å². The lowest BCUT2D eigenvalue weighted by molar-refractivity contribution is -0.133. The largest absolute Gasteiger partial charge is 0.464 e. The van der Waals surface area contributed by atoms with E-state index in [9.17, 15) is 9.59 Å². The Kier molecular flexibility index (Phi) is 7.52. The quantitative estimate of drug-likeness (QED) is 0.456. The van der Waals surface area contributed by atoms with Gasteiger partial charge in [0.2, 0.25) is 12.7 Å². The van der Waals surface area contributed by atoms with Crippen LogP contribution in [0.15, 0.2) is 52.9 Å². The molecule has 36 heavy (non-hydrogen) atoms. The van der Waals surface area contributed by atoms with Gasteiger partial charge in [0.05, 0.1) is 6.54 Å². The van der Waals surface area contributed by atoms with Crippen LogP contribution in [0.2, 0.25) is 0 Å². The van der Waals surface area contributed by atoms with Crippen molar-refractivity contribution in [2.75, 3.05) is 18.7 Å². The highest BCUT2D eigenvalue weighted by atomic mass is 16.7. The van der Waals surface area contributed by atoms with Crippen LogP contribution in [-0.4, -0.2) is 41.1 Å². The summed E-state index contributed by atoms with van der Waals surface area (Å²) in [6.07, 6.45) is 0. The highest BCUT2D eigenvalue weighted by Gasteiger charge is 2.25. The Morgan fingerprint density at radius 2 is 1.72 bits per heavy atom. The fourth-order valence-corrected chi connectivity index (χ4v) is 4.13. The number of ether oxygens (including phenoxy) is 2. The van der Waals surface area contributed by atoms with Crippen LogP contribution in [0.3, 0.4) is 0 Å². The van der Waals surface area contributed by atoms with E-state index in [1.165, 1.54) is 0 Å². The zero-order valence-electron chi connectivity index (χ0n) is 21.5. The molecule has 3 amide bonds. The summed E-state index contributed by atoms with van der Waals surface area (Å²) in [4.78, 5) is 30.0. The monoisotopic (exact) mass is 491 g/mol. The fraction of sp³-hybridized carbons (Fsp3) is 0.357. The molecular formula is C28H33N3O5. The Morgan fingerprint density at radius 1 is 0.944 bits per heavy atom. The van der Waals surface area contributed by atoms with Crippen LogP contribution in [0, 0.1) is 20.8 Å². The van der Waals surface area contributed by atoms with Gasteiger partial charge in [-0.1, -0.05) is 23.8 Å². The van der Waals surface area contributed by atoms with Crippen molar-refractivity contribution < 1.29 is 23.5 Å². The molecule has 8 nitrogen and oxygen atoms in total. The van der Waals surface area contributed by atoms with Crippen LogP contribution in [0.25, 0.3) is 0 Å². The molecule has 0 saturated heterocycles. The van der Waals surface area contributed by atoms with Crippen molar-refractivity contribution in [3.8, 4) is 11.5 Å². The standard InChI is InChI=1S/C28H33N3O5/c1-18(2)31(28(33)29-24-10-6-19(3)12-20(24)4)16-27(32)30(15-23-9-7-21(5)36-23)14-22-8-11-25-26(13-22)35-17-34-25/h6-13,18H,14-17H2,1-5H3,(H,29,33). The molecule has 3 aromatic rings. The number of furan rings is 1. The number of anilines is 1. The Labute approximate surface area is 211 Å². The average molecular weight is 492 g/mol. The Hall–Kier alpha value is -3.94. The first-order valence-corrected chi connectivity index (χ1v) is 12.1. The number of nitrogens with zero attached hydrogens (tertiary/aromatic N) is 2. The minimum absolute atomic E-state index is 0.0708. The number of hydrogen-bond donors (Lipinski definition) is 1. The number of hydrogen-bond acceptors (Lipinski definition) is 5. The van der Waals surface area contributed by atoms with Crippen LogP contribution in [0.1, 0.15) is 42.1 Å². The fourth-order valence-electron chi connectivity index (χ4n) is 4.13. The zero-order valence-corrected chi connectivity index (χ0v) is 21.5. The number of nitrogens with one attached hydrogen (secondary N) is 1. The van der Waals surface area contributed by atoms with Crippen LogP contribution in [0.4, 0.5) is 10.5 Å². The third-order valence-corrected chi connectivity index (χ3v) is 6.12. The van der Waals surface area contributed by atoms with Crippen LogP contribution >= 0.6 is 0 Å². The van der Waals surface area contributed by atoms with Crippen molar-refractivity contribution in [3.05, 3.63) is 76.7 Å². The van der Waals surface area contributed by atoms with Crippen molar-refractivity contribution in [2.45, 2.75) is 53.8 Å². The van der Waals surface area contributed by atoms with Gasteiger partial charge in [-0.3, -0.25) is 4.79 Å². The van der Waals surface area contributed by atoms with E-state index in [2.05, 4.69) is 5.32 Å². The van der Waals surface area contributed by atoms with Gasteiger partial charge in [0.25, 0.3) is 0 Å². The SMILES string of the molecule is Cc1ccc(NC(=O)N(CC(=O)N(Cc2ccc3c(c2)OCO3)Cc2ccc(C)o2)C(C)C)c(C)c1. The molecule has 1 aromatic heterocycles. The molecule has 0 aliphatic carbocycles. The van der Waals surface area contributed by atoms with E-state index in [0.29, 0.717) is 23.8 Å². The summed E-state index contributed by atoms with van der Waals surface area (Å²) in [6.45, 7) is 10.3. The maximum atomic E-state index is 13.6. The molecule has 0 spiro atoms. The van der Waals surface area contributed by atoms with Crippen molar-refractivity contribution in [3.63, 3.8) is 0 Å². The molecule has 2 aromatic carbocycles. The molecule has 1 N–H and O–H groups in total. The summed E-state index contributed by atoms with van der Waals surface area (Å²) in [5.74, 6) is 2.61. The lowest BCUT2D eigenvalue weighted by Crippen LogP contribution is -2.47. The maximum absolute atomic E-state index is 13.6. The molecular weight excluding hydrogens is 458 g/mol. The normalized spacial score (nSPS) is 12.1. The molecule has 0 unspecified atom stereocenters. The molecule has 1 aliphatic heterocycles. The maximum Gasteiger partial charge on any atom is 0.322 e. The summed E-state index contributed by atoms with van der Waals surface area (Å²) in [5, 5.41) is 2.96. The minimum Gasteiger partial charge on any atom is -0.464 e. The van der Waals surface area contributed by atoms with Crippen LogP contribution < -0.4 is 14.8 Å². The number of carbonyl (C=O) groups excluding carboxylic acids is 2. The van der Waals surface area contributed by atoms with Crippen molar-refractivity contribution >= 4 is 17.6 Å². The minimum atomic E-state index is -0.317. The van der Waals surface area contributed by atoms with E-state index >= 15 is 0 Å². The second kappa shape index (κ2) is 10.8. The van der Waals surface area contributed by atoms with Crippen LogP contribution in [-0.2, 0) is 17.9 Å². The molecule has 0 fully saturated rings. The first kappa shape index (κ1) is 25.2. The Morgan fingerprint density at radius 3 is 2.42 bits per heavy atom. The number of aryl methyl sites for hydroxylation is 3. The van der Waals surface area contributed by atoms with E-state index in [-0.39, 0.29) is 37.9 Å². The average Bonchev–Trinajstić information content (AvgIpc) is 3.46. The smallest absolute Gasteiger partial charge is 0.322 e. The molecule has 1 aliphatic rings. The van der Waals surface area contributed by atoms with Gasteiger partial charge in [-0.25, -0.2) is 4.79 Å². The molecule has 190 valence electrons. The van der Waals surface area contributed by atoms with E-state index in [4.69, 9.17) is 13.9 Å². The number of carbonyl (C=O) groups is 2. The second-order valence-electron chi connectivity index (χ2n) is 9.42. The van der Waals surface area contributed by atoms with Gasteiger partial charge < -0.3 is 29.0 Å². The lowest BCUT2D eigenvalue weighted by Gasteiger charge is -2.30. The molecule has 2 heterocycles. The number of amides is 3. The van der Waals surface area contributed by atoms with Gasteiger partial charge in [-0.2, -0.15) is 0 Å². The molecule has 0 bridgehead atoms. The Bertz CT molecular complexity index is 1250. The van der Waals surface area contributed by atoms with Gasteiger partial charge in [-0.15, -0.1) is 0 Å². The van der Waals surface area contributed by atoms with Gasteiger partial charge in [-0.05, 0) is 76.1 Å². The number of rotatable bonds is 8. The predicted octanol–water partition coefficient (Wildman–Crippen LogP) is 5.40. The lowest BCUT2D eigenvalue weighted by atomic mass is 10.1. The third-order valence-electron chi connectivity index (χ3n) is 6.12. The second-order valence-corrected chi connectivity index (χ2v) is 9.42. The van der Waals surface area contributed by atoms with Gasteiger partial charge in [0, 0.05) is 18.3 Å². The van der Waals surface area contributed by atoms with Crippen molar-refractivity contribution in [2.24, 2.45) is 0 Å². The topological polar surface area (TPSA) is 84.3 Å². The summed E-state index contributed by atoms with van der Waals surface area (Å²) < 4.78 is 16.6. The molecule has 0 atom stereocenters. The van der Waals surface area contributed by atoms with Gasteiger partial charge in [0.15, 0.2) is 11.5 Å². The number of benzene rings is 2. The first-order chi connectivity index (χ1) is 17.2. The summed E-state index contributed by atoms with van der Waals surface area (Å²) in [6, 6.07) is 14.7. The van der Waals surface area contributed by atoms with E-state index in [1.807, 2.05) is 83.1 Å².